The van der Waals surface area contributed by atoms with Gasteiger partial charge in [0.25, 0.3) is 0 Å². The zero-order valence-electron chi connectivity index (χ0n) is 14.9. The summed E-state index contributed by atoms with van der Waals surface area (Å²) >= 11 is 12.2. The van der Waals surface area contributed by atoms with Crippen LogP contribution >= 0.6 is 23.2 Å². The summed E-state index contributed by atoms with van der Waals surface area (Å²) in [6, 6.07) is 9.53. The van der Waals surface area contributed by atoms with Crippen molar-refractivity contribution in [3.8, 4) is 0 Å². The summed E-state index contributed by atoms with van der Waals surface area (Å²) in [5, 5.41) is 1.03. The normalized spacial score (nSPS) is 19.8. The van der Waals surface area contributed by atoms with Crippen LogP contribution < -0.4 is 4.72 Å². The van der Waals surface area contributed by atoms with Gasteiger partial charge in [-0.05, 0) is 67.5 Å². The number of hydrogen-bond donors (Lipinski definition) is 1. The number of aryl methyl sites for hydroxylation is 1. The number of hydrogen-bond acceptors (Lipinski definition) is 4. The van der Waals surface area contributed by atoms with E-state index in [1.54, 1.807) is 24.3 Å². The number of sulfone groups is 1. The summed E-state index contributed by atoms with van der Waals surface area (Å²) in [7, 11) is -7.28. The van der Waals surface area contributed by atoms with Crippen LogP contribution in [0, 0.1) is 0 Å². The molecule has 0 spiro atoms. The Morgan fingerprint density at radius 2 is 1.82 bits per heavy atom. The lowest BCUT2D eigenvalue weighted by Gasteiger charge is -2.42. The maximum atomic E-state index is 13.0. The first-order valence-electron chi connectivity index (χ1n) is 8.94. The third kappa shape index (κ3) is 3.71. The van der Waals surface area contributed by atoms with Crippen molar-refractivity contribution in [2.24, 2.45) is 0 Å². The molecule has 2 aromatic carbocycles. The molecular formula is C19H19Cl2NO4S2. The van der Waals surface area contributed by atoms with Gasteiger partial charge in [0.1, 0.15) is 0 Å². The van der Waals surface area contributed by atoms with E-state index in [1.807, 2.05) is 0 Å². The Morgan fingerprint density at radius 3 is 2.46 bits per heavy atom. The van der Waals surface area contributed by atoms with Crippen molar-refractivity contribution < 1.29 is 16.8 Å². The summed E-state index contributed by atoms with van der Waals surface area (Å²) < 4.78 is 53.2. The quantitative estimate of drug-likeness (QED) is 0.737. The lowest BCUT2D eigenvalue weighted by Crippen LogP contribution is -2.54. The number of fused-ring (bicyclic) bond motifs is 1. The second-order valence-electron chi connectivity index (χ2n) is 7.49. The first kappa shape index (κ1) is 20.2. The van der Waals surface area contributed by atoms with Gasteiger partial charge >= 0.3 is 0 Å². The van der Waals surface area contributed by atoms with Gasteiger partial charge in [-0.15, -0.1) is 0 Å². The van der Waals surface area contributed by atoms with E-state index < -0.39 is 25.4 Å². The first-order valence-corrected chi connectivity index (χ1v) is 12.8. The second-order valence-corrected chi connectivity index (χ2v) is 12.1. The molecule has 9 heteroatoms. The van der Waals surface area contributed by atoms with E-state index in [-0.39, 0.29) is 15.5 Å². The zero-order chi connectivity index (χ0) is 20.2. The van der Waals surface area contributed by atoms with Crippen molar-refractivity contribution in [1.29, 1.82) is 0 Å². The molecule has 0 amide bonds. The van der Waals surface area contributed by atoms with Crippen molar-refractivity contribution in [3.63, 3.8) is 0 Å². The summed E-state index contributed by atoms with van der Waals surface area (Å²) in [5.74, 6) is 0.0261. The molecule has 0 atom stereocenters. The SMILES string of the molecule is O=S1(=O)CCc2ccc(S(=O)(=O)NC3(Cc4ccc(Cl)cc4Cl)CCC3)cc21. The highest BCUT2D eigenvalue weighted by molar-refractivity contribution is 7.92. The lowest BCUT2D eigenvalue weighted by molar-refractivity contribution is 0.220. The molecule has 1 saturated carbocycles. The Balaban J connectivity index is 1.63. The molecule has 1 fully saturated rings. The molecular weight excluding hydrogens is 441 g/mol. The number of nitrogens with one attached hydrogen (secondary N) is 1. The Labute approximate surface area is 175 Å². The van der Waals surface area contributed by atoms with E-state index in [0.29, 0.717) is 41.3 Å². The van der Waals surface area contributed by atoms with Gasteiger partial charge < -0.3 is 0 Å². The maximum Gasteiger partial charge on any atom is 0.241 e. The smallest absolute Gasteiger partial charge is 0.224 e. The van der Waals surface area contributed by atoms with Crippen LogP contribution in [0.4, 0.5) is 0 Å². The molecule has 2 aliphatic rings. The van der Waals surface area contributed by atoms with E-state index in [4.69, 9.17) is 23.2 Å². The predicted molar refractivity (Wildman–Crippen MR) is 109 cm³/mol. The van der Waals surface area contributed by atoms with E-state index in [0.717, 1.165) is 12.0 Å². The molecule has 150 valence electrons. The largest absolute Gasteiger partial charge is 0.241 e. The van der Waals surface area contributed by atoms with Gasteiger partial charge in [-0.2, -0.15) is 0 Å². The Hall–Kier alpha value is -1.12. The molecule has 5 nitrogen and oxygen atoms in total. The average molecular weight is 460 g/mol. The summed E-state index contributed by atoms with van der Waals surface area (Å²) in [4.78, 5) is 0.101. The number of halogens is 2. The number of benzene rings is 2. The number of sulfonamides is 1. The molecule has 0 bridgehead atoms. The van der Waals surface area contributed by atoms with Gasteiger partial charge in [0, 0.05) is 15.6 Å². The van der Waals surface area contributed by atoms with Gasteiger partial charge in [-0.1, -0.05) is 35.3 Å². The fraction of sp³-hybridized carbons (Fsp3) is 0.368. The molecule has 28 heavy (non-hydrogen) atoms. The van der Waals surface area contributed by atoms with Crippen LogP contribution in [0.5, 0.6) is 0 Å². The van der Waals surface area contributed by atoms with Crippen LogP contribution in [0.25, 0.3) is 0 Å². The van der Waals surface area contributed by atoms with E-state index in [1.165, 1.54) is 12.1 Å². The van der Waals surface area contributed by atoms with Gasteiger partial charge in [0.2, 0.25) is 10.0 Å². The molecule has 4 rings (SSSR count). The van der Waals surface area contributed by atoms with Crippen molar-refractivity contribution >= 4 is 43.1 Å². The van der Waals surface area contributed by atoms with Crippen LogP contribution in [-0.2, 0) is 32.7 Å². The average Bonchev–Trinajstić information content (AvgIpc) is 2.90. The minimum Gasteiger partial charge on any atom is -0.224 e. The Morgan fingerprint density at radius 1 is 1.07 bits per heavy atom. The fourth-order valence-electron chi connectivity index (χ4n) is 3.84. The molecule has 2 aromatic rings. The topological polar surface area (TPSA) is 80.3 Å². The van der Waals surface area contributed by atoms with Crippen LogP contribution in [0.15, 0.2) is 46.2 Å². The molecule has 1 heterocycles. The standard InChI is InChI=1S/C19H19Cl2NO4S2/c20-15-4-2-14(17(21)10-15)12-19(7-1-8-19)22-28(25,26)16-5-3-13-6-9-27(23,24)18(13)11-16/h2-5,10-11,22H,1,6-9,12H2. The second kappa shape index (κ2) is 6.99. The van der Waals surface area contributed by atoms with E-state index in [9.17, 15) is 16.8 Å². The molecule has 1 aliphatic heterocycles. The molecule has 1 N–H and O–H groups in total. The van der Waals surface area contributed by atoms with Crippen LogP contribution in [-0.4, -0.2) is 28.1 Å². The number of rotatable bonds is 5. The van der Waals surface area contributed by atoms with Gasteiger partial charge in [-0.3, -0.25) is 0 Å². The molecule has 1 aliphatic carbocycles. The van der Waals surface area contributed by atoms with E-state index in [2.05, 4.69) is 4.72 Å². The van der Waals surface area contributed by atoms with Crippen molar-refractivity contribution in [3.05, 3.63) is 57.6 Å². The Bertz CT molecular complexity index is 1160. The van der Waals surface area contributed by atoms with Crippen molar-refractivity contribution in [2.45, 2.75) is 47.4 Å². The fourth-order valence-corrected chi connectivity index (χ4v) is 7.46. The first-order chi connectivity index (χ1) is 13.1. The van der Waals surface area contributed by atoms with Crippen LogP contribution in [0.3, 0.4) is 0 Å². The third-order valence-corrected chi connectivity index (χ3v) is 9.48. The third-order valence-electron chi connectivity index (χ3n) is 5.53. The van der Waals surface area contributed by atoms with Crippen molar-refractivity contribution in [2.75, 3.05) is 5.75 Å². The summed E-state index contributed by atoms with van der Waals surface area (Å²) in [5.41, 5.74) is 0.865. The molecule has 0 saturated heterocycles. The summed E-state index contributed by atoms with van der Waals surface area (Å²) in [6.45, 7) is 0. The highest BCUT2D eigenvalue weighted by Gasteiger charge is 2.41. The highest BCUT2D eigenvalue weighted by Crippen LogP contribution is 2.38. The minimum absolute atomic E-state index is 0.0230. The molecule has 0 unspecified atom stereocenters. The monoisotopic (exact) mass is 459 g/mol. The summed E-state index contributed by atoms with van der Waals surface area (Å²) in [6.07, 6.45) is 3.16. The van der Waals surface area contributed by atoms with Gasteiger partial charge in [-0.25, -0.2) is 21.6 Å². The molecule has 0 radical (unpaired) electrons. The van der Waals surface area contributed by atoms with Gasteiger partial charge in [0.15, 0.2) is 9.84 Å². The van der Waals surface area contributed by atoms with Crippen LogP contribution in [0.2, 0.25) is 10.0 Å². The lowest BCUT2D eigenvalue weighted by atomic mass is 9.74. The van der Waals surface area contributed by atoms with Crippen molar-refractivity contribution in [1.82, 2.24) is 4.72 Å². The van der Waals surface area contributed by atoms with Gasteiger partial charge in [0.05, 0.1) is 15.5 Å². The maximum absolute atomic E-state index is 13.0. The zero-order valence-corrected chi connectivity index (χ0v) is 18.1. The highest BCUT2D eigenvalue weighted by atomic mass is 35.5. The predicted octanol–water partition coefficient (Wildman–Crippen LogP) is 3.77. The van der Waals surface area contributed by atoms with Crippen LogP contribution in [0.1, 0.15) is 30.4 Å². The Kier molecular flexibility index (Phi) is 5.03. The minimum atomic E-state index is -3.88. The van der Waals surface area contributed by atoms with E-state index >= 15 is 0 Å². The molecule has 0 aromatic heterocycles.